The zero-order chi connectivity index (χ0) is 14.4. The number of nitrogens with one attached hydrogen (secondary N) is 2. The fourth-order valence-electron chi connectivity index (χ4n) is 2.22. The van der Waals surface area contributed by atoms with Crippen molar-refractivity contribution in [2.75, 3.05) is 10.6 Å². The maximum atomic E-state index is 11.8. The Kier molecular flexibility index (Phi) is 2.60. The fraction of sp³-hybridized carbons (Fsp3) is 0.214. The van der Waals surface area contributed by atoms with Crippen molar-refractivity contribution in [1.82, 2.24) is 10.2 Å². The van der Waals surface area contributed by atoms with Crippen molar-refractivity contribution in [3.05, 3.63) is 35.4 Å². The van der Waals surface area contributed by atoms with Gasteiger partial charge >= 0.3 is 0 Å². The second kappa shape index (κ2) is 4.19. The number of nitrogens with zero attached hydrogens (tertiary/aromatic N) is 2. The molecule has 2 N–H and O–H groups in total. The van der Waals surface area contributed by atoms with Crippen molar-refractivity contribution < 1.29 is 9.21 Å². The smallest absolute Gasteiger partial charge is 0.271 e. The van der Waals surface area contributed by atoms with Crippen molar-refractivity contribution in [3.8, 4) is 11.5 Å². The molecule has 0 aliphatic carbocycles. The van der Waals surface area contributed by atoms with Gasteiger partial charge in [-0.25, -0.2) is 0 Å². The summed E-state index contributed by atoms with van der Waals surface area (Å²) < 4.78 is 5.51. The van der Waals surface area contributed by atoms with Crippen LogP contribution in [-0.4, -0.2) is 16.1 Å². The minimum absolute atomic E-state index is 0.266. The number of aryl methyl sites for hydroxylation is 2. The lowest BCUT2D eigenvalue weighted by Gasteiger charge is -2.24. The van der Waals surface area contributed by atoms with Gasteiger partial charge in [0.15, 0.2) is 0 Å². The van der Waals surface area contributed by atoms with E-state index in [4.69, 9.17) is 4.42 Å². The lowest BCUT2D eigenvalue weighted by Crippen LogP contribution is -2.25. The van der Waals surface area contributed by atoms with E-state index in [9.17, 15) is 4.79 Å². The van der Waals surface area contributed by atoms with Gasteiger partial charge in [-0.1, -0.05) is 6.58 Å². The van der Waals surface area contributed by atoms with Gasteiger partial charge < -0.3 is 15.1 Å². The summed E-state index contributed by atoms with van der Waals surface area (Å²) in [5, 5.41) is 13.7. The van der Waals surface area contributed by atoms with Crippen molar-refractivity contribution in [2.45, 2.75) is 20.8 Å². The molecule has 2 aromatic rings. The molecule has 0 unspecified atom stereocenters. The molecule has 3 rings (SSSR count). The highest BCUT2D eigenvalue weighted by Gasteiger charge is 2.26. The average molecular weight is 270 g/mol. The van der Waals surface area contributed by atoms with E-state index in [1.165, 1.54) is 0 Å². The van der Waals surface area contributed by atoms with Gasteiger partial charge in [0.25, 0.3) is 5.91 Å². The Bertz CT molecular complexity index is 746. The van der Waals surface area contributed by atoms with Gasteiger partial charge in [-0.3, -0.25) is 4.79 Å². The molecule has 1 aliphatic heterocycles. The normalized spacial score (nSPS) is 13.8. The van der Waals surface area contributed by atoms with Crippen LogP contribution in [0.15, 0.2) is 22.8 Å². The number of fused-ring (bicyclic) bond motifs is 1. The third-order valence-electron chi connectivity index (χ3n) is 3.38. The van der Waals surface area contributed by atoms with Crippen LogP contribution in [0.5, 0.6) is 0 Å². The van der Waals surface area contributed by atoms with Crippen LogP contribution < -0.4 is 10.6 Å². The maximum Gasteiger partial charge on any atom is 0.271 e. The summed E-state index contributed by atoms with van der Waals surface area (Å²) in [6, 6.07) is 1.96. The van der Waals surface area contributed by atoms with Gasteiger partial charge in [0, 0.05) is 6.92 Å². The molecular weight excluding hydrogens is 256 g/mol. The highest BCUT2D eigenvalue weighted by Crippen LogP contribution is 2.40. The zero-order valence-corrected chi connectivity index (χ0v) is 11.5. The second-order valence-electron chi connectivity index (χ2n) is 4.80. The monoisotopic (exact) mass is 270 g/mol. The number of aromatic nitrogens is 2. The van der Waals surface area contributed by atoms with Crippen LogP contribution in [0.4, 0.5) is 11.4 Å². The predicted molar refractivity (Wildman–Crippen MR) is 75.3 cm³/mol. The van der Waals surface area contributed by atoms with E-state index < -0.39 is 0 Å². The quantitative estimate of drug-likeness (QED) is 0.778. The van der Waals surface area contributed by atoms with Gasteiger partial charge in [-0.2, -0.15) is 0 Å². The van der Waals surface area contributed by atoms with Gasteiger partial charge in [-0.15, -0.1) is 10.2 Å². The first-order chi connectivity index (χ1) is 9.47. The minimum atomic E-state index is -0.266. The Balaban J connectivity index is 2.28. The second-order valence-corrected chi connectivity index (χ2v) is 4.80. The molecule has 6 nitrogen and oxygen atoms in total. The van der Waals surface area contributed by atoms with Crippen LogP contribution in [0.1, 0.15) is 17.0 Å². The molecule has 0 fully saturated rings. The molecule has 0 spiro atoms. The summed E-state index contributed by atoms with van der Waals surface area (Å²) in [7, 11) is 0. The van der Waals surface area contributed by atoms with Crippen molar-refractivity contribution in [1.29, 1.82) is 0 Å². The Hall–Kier alpha value is -2.63. The molecule has 0 saturated carbocycles. The van der Waals surface area contributed by atoms with Crippen LogP contribution >= 0.6 is 0 Å². The van der Waals surface area contributed by atoms with Gasteiger partial charge in [0.05, 0.1) is 22.6 Å². The highest BCUT2D eigenvalue weighted by molar-refractivity contribution is 6.13. The minimum Gasteiger partial charge on any atom is -0.421 e. The molecule has 1 aliphatic rings. The van der Waals surface area contributed by atoms with E-state index in [1.54, 1.807) is 6.92 Å². The van der Waals surface area contributed by atoms with E-state index in [0.29, 0.717) is 23.2 Å². The summed E-state index contributed by atoms with van der Waals surface area (Å²) in [5.74, 6) is 0.613. The van der Waals surface area contributed by atoms with E-state index in [-0.39, 0.29) is 5.91 Å². The standard InChI is InChI=1S/C14H14N4O2/c1-6-5-10-12(16-13(19)8(3)15-10)11(7(6)2)14-18-17-9(4)20-14/h5,15H,3H2,1-2,4H3,(H,16,19). The lowest BCUT2D eigenvalue weighted by atomic mass is 9.98. The van der Waals surface area contributed by atoms with Crippen LogP contribution in [0.3, 0.4) is 0 Å². The number of carbonyl (C=O) groups is 1. The van der Waals surface area contributed by atoms with Crippen LogP contribution in [0.2, 0.25) is 0 Å². The van der Waals surface area contributed by atoms with Crippen LogP contribution in [0.25, 0.3) is 11.5 Å². The molecule has 6 heteroatoms. The largest absolute Gasteiger partial charge is 0.421 e. The molecule has 102 valence electrons. The lowest BCUT2D eigenvalue weighted by molar-refractivity contribution is -0.112. The summed E-state index contributed by atoms with van der Waals surface area (Å²) in [4.78, 5) is 11.8. The third-order valence-corrected chi connectivity index (χ3v) is 3.38. The number of rotatable bonds is 1. The topological polar surface area (TPSA) is 80.1 Å². The van der Waals surface area contributed by atoms with Crippen molar-refractivity contribution >= 4 is 17.3 Å². The Labute approximate surface area is 115 Å². The molecule has 0 radical (unpaired) electrons. The van der Waals surface area contributed by atoms with Gasteiger partial charge in [0.2, 0.25) is 11.8 Å². The summed E-state index contributed by atoms with van der Waals surface area (Å²) in [6.45, 7) is 9.35. The zero-order valence-electron chi connectivity index (χ0n) is 11.5. The highest BCUT2D eigenvalue weighted by atomic mass is 16.4. The number of hydrogen-bond acceptors (Lipinski definition) is 5. The van der Waals surface area contributed by atoms with Crippen molar-refractivity contribution in [2.24, 2.45) is 0 Å². The van der Waals surface area contributed by atoms with Gasteiger partial charge in [-0.05, 0) is 31.0 Å². The van der Waals surface area contributed by atoms with E-state index in [2.05, 4.69) is 27.4 Å². The van der Waals surface area contributed by atoms with Crippen LogP contribution in [0, 0.1) is 20.8 Å². The Morgan fingerprint density at radius 1 is 1.20 bits per heavy atom. The third kappa shape index (κ3) is 1.77. The summed E-state index contributed by atoms with van der Waals surface area (Å²) in [5.41, 5.74) is 4.54. The Morgan fingerprint density at radius 2 is 1.95 bits per heavy atom. The van der Waals surface area contributed by atoms with E-state index in [1.807, 2.05) is 19.9 Å². The summed E-state index contributed by atoms with van der Waals surface area (Å²) >= 11 is 0. The number of carbonyl (C=O) groups excluding carboxylic acids is 1. The number of amides is 1. The number of anilines is 2. The first-order valence-corrected chi connectivity index (χ1v) is 6.19. The molecule has 0 saturated heterocycles. The SMILES string of the molecule is C=C1Nc2cc(C)c(C)c(-c3nnc(C)o3)c2NC1=O. The predicted octanol–water partition coefficient (Wildman–Crippen LogP) is 2.54. The molecule has 1 aromatic heterocycles. The van der Waals surface area contributed by atoms with Crippen molar-refractivity contribution in [3.63, 3.8) is 0 Å². The maximum absolute atomic E-state index is 11.8. The molecule has 0 bridgehead atoms. The van der Waals surface area contributed by atoms with E-state index in [0.717, 1.165) is 22.4 Å². The number of hydrogen-bond donors (Lipinski definition) is 2. The molecule has 1 aromatic carbocycles. The molecule has 2 heterocycles. The first kappa shape index (κ1) is 12.4. The number of benzene rings is 1. The molecular formula is C14H14N4O2. The van der Waals surface area contributed by atoms with E-state index >= 15 is 0 Å². The summed E-state index contributed by atoms with van der Waals surface area (Å²) in [6.07, 6.45) is 0. The van der Waals surface area contributed by atoms with Crippen LogP contribution in [-0.2, 0) is 4.79 Å². The molecule has 1 amide bonds. The fourth-order valence-corrected chi connectivity index (χ4v) is 2.22. The molecule has 0 atom stereocenters. The average Bonchev–Trinajstić information content (AvgIpc) is 2.80. The Morgan fingerprint density at radius 3 is 2.60 bits per heavy atom. The van der Waals surface area contributed by atoms with Gasteiger partial charge in [0.1, 0.15) is 0 Å². The molecule has 20 heavy (non-hydrogen) atoms. The first-order valence-electron chi connectivity index (χ1n) is 6.19.